The van der Waals surface area contributed by atoms with Crippen molar-refractivity contribution in [2.24, 2.45) is 11.8 Å². The monoisotopic (exact) mass is 776 g/mol. The first-order valence-corrected chi connectivity index (χ1v) is 20.2. The molecule has 0 radical (unpaired) electrons. The number of piperidine rings is 3. The Kier molecular flexibility index (Phi) is 11.1. The Morgan fingerprint density at radius 3 is 2.32 bits per heavy atom. The van der Waals surface area contributed by atoms with Crippen LogP contribution < -0.4 is 20.9 Å². The molecule has 298 valence electrons. The second-order valence-electron chi connectivity index (χ2n) is 16.1. The molecule has 3 aliphatic rings. The lowest BCUT2D eigenvalue weighted by Gasteiger charge is -2.38. The first-order chi connectivity index (χ1) is 27.6. The van der Waals surface area contributed by atoms with Gasteiger partial charge in [0.05, 0.1) is 11.7 Å². The van der Waals surface area contributed by atoms with Crippen LogP contribution >= 0.6 is 0 Å². The fourth-order valence-electron chi connectivity index (χ4n) is 8.67. The van der Waals surface area contributed by atoms with Crippen molar-refractivity contribution in [2.45, 2.75) is 77.8 Å². The Morgan fingerprint density at radius 2 is 1.61 bits per heavy atom. The SMILES string of the molecule is Cc1nc2c(F)cc(-c3nc(Nc4ccc(CC5CCN(CC6CCN(c7ccc(NC8CCC(=O)NC8=O)cc7)CC6)CC5)cn4)ncc3F)cc2n1C(C)C. The lowest BCUT2D eigenvalue weighted by atomic mass is 9.89. The third-order valence-corrected chi connectivity index (χ3v) is 11.7. The van der Waals surface area contributed by atoms with E-state index in [9.17, 15) is 9.59 Å². The molecule has 3 fully saturated rings. The molecule has 1 unspecified atom stereocenters. The number of aryl methyl sites for hydroxylation is 1. The normalized spacial score (nSPS) is 18.7. The number of hydrogen-bond donors (Lipinski definition) is 3. The molecule has 14 heteroatoms. The van der Waals surface area contributed by atoms with Gasteiger partial charge in [0.1, 0.15) is 28.9 Å². The molecule has 3 saturated heterocycles. The number of hydrogen-bond acceptors (Lipinski definition) is 10. The lowest BCUT2D eigenvalue weighted by molar-refractivity contribution is -0.133. The van der Waals surface area contributed by atoms with Gasteiger partial charge in [-0.2, -0.15) is 0 Å². The van der Waals surface area contributed by atoms with Gasteiger partial charge in [0, 0.05) is 55.2 Å². The quantitative estimate of drug-likeness (QED) is 0.119. The topological polar surface area (TPSA) is 133 Å². The van der Waals surface area contributed by atoms with Gasteiger partial charge in [0.15, 0.2) is 11.6 Å². The number of rotatable bonds is 11. The Hall–Kier alpha value is -5.50. The number of pyridine rings is 1. The fourth-order valence-corrected chi connectivity index (χ4v) is 8.67. The Balaban J connectivity index is 0.786. The van der Waals surface area contributed by atoms with Gasteiger partial charge >= 0.3 is 0 Å². The summed E-state index contributed by atoms with van der Waals surface area (Å²) in [7, 11) is 0. The predicted octanol–water partition coefficient (Wildman–Crippen LogP) is 7.19. The number of carbonyl (C=O) groups is 2. The van der Waals surface area contributed by atoms with Crippen LogP contribution in [-0.2, 0) is 16.0 Å². The van der Waals surface area contributed by atoms with Gasteiger partial charge < -0.3 is 25.0 Å². The molecule has 3 N–H and O–H groups in total. The molecule has 0 saturated carbocycles. The summed E-state index contributed by atoms with van der Waals surface area (Å²) in [5.74, 6) is 1.08. The van der Waals surface area contributed by atoms with Gasteiger partial charge in [0.25, 0.3) is 0 Å². The molecule has 0 spiro atoms. The van der Waals surface area contributed by atoms with Crippen LogP contribution in [-0.4, -0.2) is 80.0 Å². The van der Waals surface area contributed by atoms with E-state index in [1.165, 1.54) is 30.2 Å². The molecule has 1 atom stereocenters. The van der Waals surface area contributed by atoms with Crippen LogP contribution in [0.3, 0.4) is 0 Å². The summed E-state index contributed by atoms with van der Waals surface area (Å²) in [6.07, 6.45) is 9.49. The van der Waals surface area contributed by atoms with Gasteiger partial charge in [-0.3, -0.25) is 14.9 Å². The lowest BCUT2D eigenvalue weighted by Crippen LogP contribution is -2.47. The number of likely N-dealkylation sites (tertiary alicyclic amines) is 1. The summed E-state index contributed by atoms with van der Waals surface area (Å²) in [5.41, 5.74) is 4.42. The highest BCUT2D eigenvalue weighted by Crippen LogP contribution is 2.32. The molecule has 57 heavy (non-hydrogen) atoms. The van der Waals surface area contributed by atoms with Crippen LogP contribution in [0.2, 0.25) is 0 Å². The van der Waals surface area contributed by atoms with Crippen LogP contribution in [0, 0.1) is 30.4 Å². The van der Waals surface area contributed by atoms with E-state index in [-0.39, 0.29) is 41.1 Å². The first kappa shape index (κ1) is 38.4. The summed E-state index contributed by atoms with van der Waals surface area (Å²) >= 11 is 0. The Morgan fingerprint density at radius 1 is 0.860 bits per heavy atom. The number of fused-ring (bicyclic) bond motifs is 1. The van der Waals surface area contributed by atoms with Gasteiger partial charge in [-0.05, 0) is 132 Å². The van der Waals surface area contributed by atoms with E-state index >= 15 is 8.78 Å². The predicted molar refractivity (Wildman–Crippen MR) is 217 cm³/mol. The number of imidazole rings is 1. The van der Waals surface area contributed by atoms with Crippen molar-refractivity contribution < 1.29 is 18.4 Å². The summed E-state index contributed by atoms with van der Waals surface area (Å²) in [6, 6.07) is 14.9. The van der Waals surface area contributed by atoms with Crippen molar-refractivity contribution in [1.29, 1.82) is 0 Å². The molecular formula is C43H50F2N10O2. The zero-order valence-corrected chi connectivity index (χ0v) is 32.8. The van der Waals surface area contributed by atoms with E-state index in [1.807, 2.05) is 49.7 Å². The number of aromatic nitrogens is 5. The van der Waals surface area contributed by atoms with Gasteiger partial charge in [0.2, 0.25) is 17.8 Å². The summed E-state index contributed by atoms with van der Waals surface area (Å²) < 4.78 is 32.1. The molecule has 6 heterocycles. The van der Waals surface area contributed by atoms with E-state index < -0.39 is 11.6 Å². The minimum Gasteiger partial charge on any atom is -0.374 e. The standard InChI is InChI=1S/C43H50F2N10O2/c1-26(2)55-27(3)48-41-34(44)21-31(22-37(41)55)40-35(45)24-47-43(52-40)50-38-10-4-30(23-46-38)20-28-12-16-53(17-13-28)25-29-14-18-54(19-15-29)33-7-5-32(6-8-33)49-36-9-11-39(56)51-42(36)57/h4-8,10,21-24,26,28-29,36,49H,9,11-20,25H2,1-3H3,(H,51,56,57)(H,46,47,50,52). The van der Waals surface area contributed by atoms with E-state index in [2.05, 4.69) is 63.9 Å². The molecule has 12 nitrogen and oxygen atoms in total. The fraction of sp³-hybridized carbons (Fsp3) is 0.442. The third-order valence-electron chi connectivity index (χ3n) is 11.7. The number of carbonyl (C=O) groups excluding carboxylic acids is 2. The molecule has 2 amide bonds. The van der Waals surface area contributed by atoms with Gasteiger partial charge in [-0.25, -0.2) is 28.7 Å². The molecule has 0 bridgehead atoms. The second-order valence-corrected chi connectivity index (χ2v) is 16.1. The highest BCUT2D eigenvalue weighted by atomic mass is 19.1. The molecular weight excluding hydrogens is 727 g/mol. The number of nitrogens with zero attached hydrogens (tertiary/aromatic N) is 7. The number of amides is 2. The molecule has 3 aliphatic heterocycles. The Labute approximate surface area is 331 Å². The average molecular weight is 777 g/mol. The van der Waals surface area contributed by atoms with Gasteiger partial charge in [-0.15, -0.1) is 0 Å². The van der Waals surface area contributed by atoms with Gasteiger partial charge in [-0.1, -0.05) is 6.07 Å². The molecule has 0 aliphatic carbocycles. The maximum atomic E-state index is 15.1. The van der Waals surface area contributed by atoms with E-state index in [4.69, 9.17) is 0 Å². The first-order valence-electron chi connectivity index (χ1n) is 20.2. The minimum absolute atomic E-state index is 0.00101. The maximum Gasteiger partial charge on any atom is 0.249 e. The maximum absolute atomic E-state index is 15.1. The number of benzene rings is 2. The third kappa shape index (κ3) is 8.75. The second kappa shape index (κ2) is 16.5. The van der Waals surface area contributed by atoms with Crippen LogP contribution in [0.4, 0.5) is 31.9 Å². The zero-order chi connectivity index (χ0) is 39.6. The van der Waals surface area contributed by atoms with E-state index in [1.54, 1.807) is 6.07 Å². The smallest absolute Gasteiger partial charge is 0.249 e. The highest BCUT2D eigenvalue weighted by molar-refractivity contribution is 6.01. The Bertz CT molecular complexity index is 2230. The highest BCUT2D eigenvalue weighted by Gasteiger charge is 2.28. The summed E-state index contributed by atoms with van der Waals surface area (Å²) in [4.78, 5) is 46.2. The zero-order valence-electron chi connectivity index (χ0n) is 32.8. The van der Waals surface area contributed by atoms with Crippen molar-refractivity contribution in [3.63, 3.8) is 0 Å². The van der Waals surface area contributed by atoms with E-state index in [0.717, 1.165) is 63.9 Å². The van der Waals surface area contributed by atoms with Crippen molar-refractivity contribution >= 4 is 46.0 Å². The van der Waals surface area contributed by atoms with Crippen LogP contribution in [0.15, 0.2) is 60.9 Å². The van der Waals surface area contributed by atoms with Crippen molar-refractivity contribution in [1.82, 2.24) is 34.7 Å². The van der Waals surface area contributed by atoms with Crippen molar-refractivity contribution in [3.8, 4) is 11.3 Å². The number of halogens is 2. The summed E-state index contributed by atoms with van der Waals surface area (Å²) in [6.45, 7) is 11.3. The van der Waals surface area contributed by atoms with Crippen LogP contribution in [0.1, 0.15) is 69.8 Å². The summed E-state index contributed by atoms with van der Waals surface area (Å²) in [5, 5.41) is 8.75. The van der Waals surface area contributed by atoms with Crippen LogP contribution in [0.5, 0.6) is 0 Å². The number of nitrogens with one attached hydrogen (secondary N) is 3. The minimum atomic E-state index is -0.645. The molecule has 2 aromatic carbocycles. The van der Waals surface area contributed by atoms with E-state index in [0.29, 0.717) is 47.4 Å². The molecule has 3 aromatic heterocycles. The largest absolute Gasteiger partial charge is 0.374 e. The molecule has 8 rings (SSSR count). The molecule has 5 aromatic rings. The average Bonchev–Trinajstić information content (AvgIpc) is 3.55. The van der Waals surface area contributed by atoms with Crippen LogP contribution in [0.25, 0.3) is 22.3 Å². The van der Waals surface area contributed by atoms with Crippen molar-refractivity contribution in [2.75, 3.05) is 48.3 Å². The van der Waals surface area contributed by atoms with Crippen molar-refractivity contribution in [3.05, 3.63) is 83.9 Å². The number of anilines is 4. The number of imide groups is 1.